The Morgan fingerprint density at radius 1 is 0.956 bits per heavy atom. The van der Waals surface area contributed by atoms with Crippen LogP contribution in [-0.2, 0) is 26.6 Å². The molecule has 8 nitrogen and oxygen atoms in total. The van der Waals surface area contributed by atoms with E-state index in [1.54, 1.807) is 48.4 Å². The predicted octanol–water partition coefficient (Wildman–Crippen LogP) is 6.47. The van der Waals surface area contributed by atoms with Crippen molar-refractivity contribution in [3.63, 3.8) is 0 Å². The maximum Gasteiger partial charge on any atom is 0.261 e. The lowest BCUT2D eigenvalue weighted by molar-refractivity contribution is 0.0953. The van der Waals surface area contributed by atoms with E-state index in [1.807, 2.05) is 13.8 Å². The van der Waals surface area contributed by atoms with Crippen LogP contribution in [0.4, 0.5) is 19.0 Å². The van der Waals surface area contributed by atoms with Gasteiger partial charge in [0.05, 0.1) is 22.3 Å². The van der Waals surface area contributed by atoms with E-state index in [2.05, 4.69) is 15.7 Å². The largest absolute Gasteiger partial charge is 0.366 e. The Bertz CT molecular complexity index is 1870. The van der Waals surface area contributed by atoms with Gasteiger partial charge in [0, 0.05) is 47.9 Å². The zero-order chi connectivity index (χ0) is 32.2. The fraction of sp³-hybridized carbons (Fsp3) is 0.212. The maximum absolute atomic E-state index is 13.7. The molecule has 5 aromatic rings. The van der Waals surface area contributed by atoms with Gasteiger partial charge in [0.15, 0.2) is 11.6 Å². The normalized spacial score (nSPS) is 11.2. The Morgan fingerprint density at radius 3 is 2.33 bits per heavy atom. The van der Waals surface area contributed by atoms with Crippen molar-refractivity contribution < 1.29 is 22.8 Å². The van der Waals surface area contributed by atoms with E-state index in [9.17, 15) is 22.8 Å². The second kappa shape index (κ2) is 13.3. The first kappa shape index (κ1) is 31.5. The number of aromatic nitrogens is 3. The first-order valence-electron chi connectivity index (χ1n) is 14.2. The highest BCUT2D eigenvalue weighted by molar-refractivity contribution is 7.17. The van der Waals surface area contributed by atoms with E-state index in [4.69, 9.17) is 10.7 Å². The van der Waals surface area contributed by atoms with E-state index in [0.29, 0.717) is 56.5 Å². The van der Waals surface area contributed by atoms with Gasteiger partial charge < -0.3 is 16.4 Å². The molecule has 0 saturated heterocycles. The lowest BCUT2D eigenvalue weighted by Gasteiger charge is -2.21. The van der Waals surface area contributed by atoms with Crippen molar-refractivity contribution in [3.8, 4) is 21.6 Å². The third-order valence-electron chi connectivity index (χ3n) is 7.00. The number of nitrogens with one attached hydrogen (secondary N) is 2. The summed E-state index contributed by atoms with van der Waals surface area (Å²) in [6.07, 6.45) is 3.90. The number of anilines is 1. The third kappa shape index (κ3) is 7.23. The zero-order valence-corrected chi connectivity index (χ0v) is 25.6. The molecule has 0 atom stereocenters. The van der Waals surface area contributed by atoms with Gasteiger partial charge in [-0.3, -0.25) is 14.3 Å². The van der Waals surface area contributed by atoms with Crippen LogP contribution in [0.15, 0.2) is 67.0 Å². The van der Waals surface area contributed by atoms with Crippen LogP contribution < -0.4 is 16.4 Å². The molecule has 3 aromatic heterocycles. The van der Waals surface area contributed by atoms with Crippen LogP contribution in [0.1, 0.15) is 50.7 Å². The molecule has 2 aromatic carbocycles. The van der Waals surface area contributed by atoms with Crippen molar-refractivity contribution in [2.24, 2.45) is 18.7 Å². The smallest absolute Gasteiger partial charge is 0.261 e. The molecule has 0 aliphatic heterocycles. The number of primary amides is 1. The van der Waals surface area contributed by atoms with Gasteiger partial charge in [0.25, 0.3) is 11.8 Å². The van der Waals surface area contributed by atoms with Crippen molar-refractivity contribution in [3.05, 3.63) is 112 Å². The number of nitrogens with zero attached hydrogens (tertiary/aromatic N) is 3. The van der Waals surface area contributed by atoms with Gasteiger partial charge in [-0.05, 0) is 59.9 Å². The molecule has 0 spiro atoms. The molecule has 4 N–H and O–H groups in total. The first-order valence-corrected chi connectivity index (χ1v) is 15.0. The van der Waals surface area contributed by atoms with Crippen LogP contribution in [0.2, 0.25) is 0 Å². The molecular formula is C33H31F3N6O2S. The number of pyridine rings is 1. The Morgan fingerprint density at radius 2 is 1.69 bits per heavy atom. The summed E-state index contributed by atoms with van der Waals surface area (Å²) in [7, 11) is 1.77. The minimum absolute atomic E-state index is 0.0119. The van der Waals surface area contributed by atoms with Gasteiger partial charge in [-0.15, -0.1) is 11.3 Å². The summed E-state index contributed by atoms with van der Waals surface area (Å²) in [5.41, 5.74) is 9.73. The molecule has 0 unspecified atom stereocenters. The average molecular weight is 633 g/mol. The summed E-state index contributed by atoms with van der Waals surface area (Å²) >= 11 is 1.16. The Kier molecular flexibility index (Phi) is 9.33. The quantitative estimate of drug-likeness (QED) is 0.155. The standard InChI is InChI=1S/C33H31F3N6O2S/c1-18(2)12-25-29(31(37)43)30(26-10-11-27(45-26)33(44)39-15-20-6-9-23(35)24(36)13-20)28(21-16-40-42(3)17-21)32(41-25)38-14-19-4-7-22(34)8-5-19/h4-11,13,16-18H,12,14-15H2,1-3H3,(H2,37,43)(H,38,41)(H,39,44). The number of benzene rings is 2. The second-order valence-corrected chi connectivity index (χ2v) is 12.1. The van der Waals surface area contributed by atoms with Gasteiger partial charge in [-0.2, -0.15) is 5.10 Å². The maximum atomic E-state index is 13.7. The topological polar surface area (TPSA) is 115 Å². The molecule has 0 bridgehead atoms. The number of halogens is 3. The SMILES string of the molecule is CC(C)Cc1nc(NCc2ccc(F)cc2)c(-c2cnn(C)c2)c(-c2ccc(C(=O)NCc3ccc(F)c(F)c3)s2)c1C(N)=O. The molecule has 0 fully saturated rings. The molecule has 45 heavy (non-hydrogen) atoms. The lowest BCUT2D eigenvalue weighted by Crippen LogP contribution is -2.21. The first-order chi connectivity index (χ1) is 21.5. The number of amides is 2. The van der Waals surface area contributed by atoms with E-state index in [0.717, 1.165) is 29.0 Å². The van der Waals surface area contributed by atoms with Gasteiger partial charge in [0.1, 0.15) is 11.6 Å². The fourth-order valence-corrected chi connectivity index (χ4v) is 5.92. The van der Waals surface area contributed by atoms with Crippen molar-refractivity contribution in [2.45, 2.75) is 33.4 Å². The van der Waals surface area contributed by atoms with E-state index in [1.165, 1.54) is 18.2 Å². The van der Waals surface area contributed by atoms with E-state index >= 15 is 0 Å². The number of carbonyl (C=O) groups is 2. The van der Waals surface area contributed by atoms with Crippen molar-refractivity contribution in [1.29, 1.82) is 0 Å². The molecule has 2 amide bonds. The number of hydrogen-bond donors (Lipinski definition) is 3. The van der Waals surface area contributed by atoms with Crippen LogP contribution in [0.5, 0.6) is 0 Å². The van der Waals surface area contributed by atoms with Gasteiger partial charge in [-0.25, -0.2) is 18.2 Å². The molecule has 0 aliphatic carbocycles. The number of hydrogen-bond acceptors (Lipinski definition) is 6. The van der Waals surface area contributed by atoms with E-state index < -0.39 is 23.4 Å². The lowest BCUT2D eigenvalue weighted by atomic mass is 9.92. The second-order valence-electron chi connectivity index (χ2n) is 11.0. The number of aryl methyl sites for hydroxylation is 1. The van der Waals surface area contributed by atoms with Crippen LogP contribution >= 0.6 is 11.3 Å². The van der Waals surface area contributed by atoms with Crippen molar-refractivity contribution >= 4 is 29.0 Å². The summed E-state index contributed by atoms with van der Waals surface area (Å²) < 4.78 is 42.2. The Hall–Kier alpha value is -4.97. The Labute approximate surface area is 262 Å². The summed E-state index contributed by atoms with van der Waals surface area (Å²) in [5, 5.41) is 10.4. The highest BCUT2D eigenvalue weighted by atomic mass is 32.1. The minimum Gasteiger partial charge on any atom is -0.366 e. The average Bonchev–Trinajstić information content (AvgIpc) is 3.66. The van der Waals surface area contributed by atoms with Gasteiger partial charge in [-0.1, -0.05) is 32.0 Å². The fourth-order valence-electron chi connectivity index (χ4n) is 4.94. The zero-order valence-electron chi connectivity index (χ0n) is 24.8. The molecule has 0 radical (unpaired) electrons. The summed E-state index contributed by atoms with van der Waals surface area (Å²) in [6.45, 7) is 4.32. The monoisotopic (exact) mass is 632 g/mol. The van der Waals surface area contributed by atoms with Crippen LogP contribution in [0.25, 0.3) is 21.6 Å². The van der Waals surface area contributed by atoms with Crippen molar-refractivity contribution in [1.82, 2.24) is 20.1 Å². The molecule has 232 valence electrons. The van der Waals surface area contributed by atoms with Gasteiger partial charge >= 0.3 is 0 Å². The molecule has 0 aliphatic rings. The minimum atomic E-state index is -0.999. The van der Waals surface area contributed by atoms with Crippen molar-refractivity contribution in [2.75, 3.05) is 5.32 Å². The number of thiophene rings is 1. The molecule has 5 rings (SSSR count). The predicted molar refractivity (Wildman–Crippen MR) is 168 cm³/mol. The summed E-state index contributed by atoms with van der Waals surface area (Å²) in [6, 6.07) is 12.9. The number of carbonyl (C=O) groups excluding carboxylic acids is 2. The highest BCUT2D eigenvalue weighted by Crippen LogP contribution is 2.43. The molecular weight excluding hydrogens is 601 g/mol. The van der Waals surface area contributed by atoms with E-state index in [-0.39, 0.29) is 23.8 Å². The molecule has 0 saturated carbocycles. The molecule has 12 heteroatoms. The number of rotatable bonds is 11. The summed E-state index contributed by atoms with van der Waals surface area (Å²) in [5.74, 6) is -2.79. The van der Waals surface area contributed by atoms with Crippen LogP contribution in [0.3, 0.4) is 0 Å². The van der Waals surface area contributed by atoms with Crippen LogP contribution in [0, 0.1) is 23.4 Å². The number of nitrogens with two attached hydrogens (primary N) is 1. The Balaban J connectivity index is 1.60. The highest BCUT2D eigenvalue weighted by Gasteiger charge is 2.28. The summed E-state index contributed by atoms with van der Waals surface area (Å²) in [4.78, 5) is 32.1. The third-order valence-corrected chi connectivity index (χ3v) is 8.10. The van der Waals surface area contributed by atoms with Crippen LogP contribution in [-0.4, -0.2) is 26.6 Å². The van der Waals surface area contributed by atoms with Gasteiger partial charge in [0.2, 0.25) is 0 Å². The molecule has 3 heterocycles.